The van der Waals surface area contributed by atoms with Crippen LogP contribution in [-0.4, -0.2) is 25.2 Å². The van der Waals surface area contributed by atoms with E-state index in [0.29, 0.717) is 5.56 Å². The first-order valence-corrected chi connectivity index (χ1v) is 5.69. The predicted octanol–water partition coefficient (Wildman–Crippen LogP) is 3.12. The van der Waals surface area contributed by atoms with Crippen LogP contribution in [0, 0.1) is 0 Å². The number of benzene rings is 2. The van der Waals surface area contributed by atoms with E-state index in [9.17, 15) is 9.90 Å². The van der Waals surface area contributed by atoms with E-state index in [-0.39, 0.29) is 0 Å². The van der Waals surface area contributed by atoms with Gasteiger partial charge in [0.15, 0.2) is 0 Å². The molecule has 0 aromatic heterocycles. The molecule has 0 amide bonds. The average Bonchev–Trinajstić information content (AvgIpc) is 2.39. The van der Waals surface area contributed by atoms with Crippen molar-refractivity contribution in [2.75, 3.05) is 19.0 Å². The summed E-state index contributed by atoms with van der Waals surface area (Å²) in [5, 5.41) is 9.24. The molecule has 2 aromatic carbocycles. The molecule has 3 nitrogen and oxygen atoms in total. The van der Waals surface area contributed by atoms with Gasteiger partial charge in [0, 0.05) is 19.8 Å². The number of rotatable bonds is 3. The lowest BCUT2D eigenvalue weighted by molar-refractivity contribution is 0.0698. The maximum absolute atomic E-state index is 11.3. The van der Waals surface area contributed by atoms with Crippen molar-refractivity contribution in [3.63, 3.8) is 0 Å². The zero-order valence-electron chi connectivity index (χ0n) is 10.4. The molecule has 2 rings (SSSR count). The summed E-state index contributed by atoms with van der Waals surface area (Å²) < 4.78 is 0. The molecule has 3 heteroatoms. The highest BCUT2D eigenvalue weighted by molar-refractivity contribution is 5.97. The summed E-state index contributed by atoms with van der Waals surface area (Å²) >= 11 is 0. The van der Waals surface area contributed by atoms with Crippen molar-refractivity contribution in [1.82, 2.24) is 0 Å². The van der Waals surface area contributed by atoms with Gasteiger partial charge in [-0.05, 0) is 29.3 Å². The van der Waals surface area contributed by atoms with E-state index in [1.807, 2.05) is 61.5 Å². The van der Waals surface area contributed by atoms with Gasteiger partial charge in [-0.2, -0.15) is 0 Å². The van der Waals surface area contributed by atoms with Gasteiger partial charge in [0.05, 0.1) is 5.56 Å². The zero-order valence-corrected chi connectivity index (χ0v) is 10.4. The third kappa shape index (κ3) is 2.35. The van der Waals surface area contributed by atoms with Crippen molar-refractivity contribution < 1.29 is 9.90 Å². The monoisotopic (exact) mass is 241 g/mol. The van der Waals surface area contributed by atoms with Gasteiger partial charge in [0.1, 0.15) is 0 Å². The van der Waals surface area contributed by atoms with Gasteiger partial charge in [-0.25, -0.2) is 4.79 Å². The Kier molecular flexibility index (Phi) is 3.33. The molecular weight excluding hydrogens is 226 g/mol. The third-order valence-electron chi connectivity index (χ3n) is 2.83. The van der Waals surface area contributed by atoms with Crippen LogP contribution in [0.1, 0.15) is 10.4 Å². The normalized spacial score (nSPS) is 10.1. The molecule has 0 aliphatic heterocycles. The van der Waals surface area contributed by atoms with Crippen molar-refractivity contribution in [2.24, 2.45) is 0 Å². The van der Waals surface area contributed by atoms with Crippen molar-refractivity contribution >= 4 is 11.7 Å². The van der Waals surface area contributed by atoms with Gasteiger partial charge < -0.3 is 10.0 Å². The standard InChI is InChI=1S/C15H15NO2/c1-16(2)12-8-9-13(15(17)18)14(10-12)11-6-4-3-5-7-11/h3-10H,1-2H3,(H,17,18). The fraction of sp³-hybridized carbons (Fsp3) is 0.133. The van der Waals surface area contributed by atoms with Crippen LogP contribution in [0.15, 0.2) is 48.5 Å². The number of carboxylic acids is 1. The van der Waals surface area contributed by atoms with Gasteiger partial charge in [-0.15, -0.1) is 0 Å². The SMILES string of the molecule is CN(C)c1ccc(C(=O)O)c(-c2ccccc2)c1. The summed E-state index contributed by atoms with van der Waals surface area (Å²) in [6.45, 7) is 0. The van der Waals surface area contributed by atoms with E-state index in [4.69, 9.17) is 0 Å². The second kappa shape index (κ2) is 4.92. The Bertz CT molecular complexity index is 562. The summed E-state index contributed by atoms with van der Waals surface area (Å²) in [6, 6.07) is 14.9. The lowest BCUT2D eigenvalue weighted by atomic mass is 9.99. The topological polar surface area (TPSA) is 40.5 Å². The summed E-state index contributed by atoms with van der Waals surface area (Å²) in [5.74, 6) is -0.904. The first kappa shape index (κ1) is 12.2. The maximum atomic E-state index is 11.3. The smallest absolute Gasteiger partial charge is 0.336 e. The molecule has 0 fully saturated rings. The Morgan fingerprint density at radius 3 is 2.28 bits per heavy atom. The number of aromatic carboxylic acids is 1. The molecule has 0 aliphatic rings. The average molecular weight is 241 g/mol. The first-order valence-electron chi connectivity index (χ1n) is 5.69. The van der Waals surface area contributed by atoms with Gasteiger partial charge in [0.25, 0.3) is 0 Å². The van der Waals surface area contributed by atoms with Gasteiger partial charge in [-0.3, -0.25) is 0 Å². The van der Waals surface area contributed by atoms with E-state index in [0.717, 1.165) is 16.8 Å². The van der Waals surface area contributed by atoms with E-state index in [2.05, 4.69) is 0 Å². The second-order valence-corrected chi connectivity index (χ2v) is 4.30. The van der Waals surface area contributed by atoms with Gasteiger partial charge in [0.2, 0.25) is 0 Å². The minimum absolute atomic E-state index is 0.326. The van der Waals surface area contributed by atoms with Crippen molar-refractivity contribution in [3.8, 4) is 11.1 Å². The third-order valence-corrected chi connectivity index (χ3v) is 2.83. The van der Waals surface area contributed by atoms with Crippen LogP contribution in [-0.2, 0) is 0 Å². The molecule has 0 heterocycles. The summed E-state index contributed by atoms with van der Waals surface area (Å²) in [6.07, 6.45) is 0. The number of anilines is 1. The highest BCUT2D eigenvalue weighted by atomic mass is 16.4. The van der Waals surface area contributed by atoms with Crippen LogP contribution < -0.4 is 4.90 Å². The van der Waals surface area contributed by atoms with Crippen LogP contribution in [0.5, 0.6) is 0 Å². The number of hydrogen-bond donors (Lipinski definition) is 1. The molecule has 0 saturated heterocycles. The van der Waals surface area contributed by atoms with E-state index >= 15 is 0 Å². The fourth-order valence-electron chi connectivity index (χ4n) is 1.85. The lowest BCUT2D eigenvalue weighted by Crippen LogP contribution is -2.09. The minimum Gasteiger partial charge on any atom is -0.478 e. The molecule has 92 valence electrons. The molecular formula is C15H15NO2. The van der Waals surface area contributed by atoms with E-state index < -0.39 is 5.97 Å². The molecule has 1 N–H and O–H groups in total. The second-order valence-electron chi connectivity index (χ2n) is 4.30. The number of nitrogens with zero attached hydrogens (tertiary/aromatic N) is 1. The van der Waals surface area contributed by atoms with Gasteiger partial charge in [-0.1, -0.05) is 30.3 Å². The van der Waals surface area contributed by atoms with Crippen LogP contribution in [0.25, 0.3) is 11.1 Å². The maximum Gasteiger partial charge on any atom is 0.336 e. The summed E-state index contributed by atoms with van der Waals surface area (Å²) in [4.78, 5) is 13.2. The molecule has 0 atom stereocenters. The molecule has 18 heavy (non-hydrogen) atoms. The molecule has 0 radical (unpaired) electrons. The Hall–Kier alpha value is -2.29. The quantitative estimate of drug-likeness (QED) is 0.897. The summed E-state index contributed by atoms with van der Waals surface area (Å²) in [7, 11) is 3.87. The Morgan fingerprint density at radius 1 is 1.06 bits per heavy atom. The largest absolute Gasteiger partial charge is 0.478 e. The lowest BCUT2D eigenvalue weighted by Gasteiger charge is -2.15. The molecule has 0 aliphatic carbocycles. The van der Waals surface area contributed by atoms with Crippen molar-refractivity contribution in [2.45, 2.75) is 0 Å². The zero-order chi connectivity index (χ0) is 13.1. The Balaban J connectivity index is 2.62. The summed E-state index contributed by atoms with van der Waals surface area (Å²) in [5.41, 5.74) is 2.97. The van der Waals surface area contributed by atoms with Crippen molar-refractivity contribution in [1.29, 1.82) is 0 Å². The van der Waals surface area contributed by atoms with Gasteiger partial charge >= 0.3 is 5.97 Å². The highest BCUT2D eigenvalue weighted by Gasteiger charge is 2.12. The Labute approximate surface area is 106 Å². The number of carbonyl (C=O) groups is 1. The van der Waals surface area contributed by atoms with E-state index in [1.54, 1.807) is 6.07 Å². The number of carboxylic acid groups (broad SMARTS) is 1. The molecule has 0 unspecified atom stereocenters. The van der Waals surface area contributed by atoms with Crippen LogP contribution in [0.4, 0.5) is 5.69 Å². The van der Waals surface area contributed by atoms with Crippen LogP contribution >= 0.6 is 0 Å². The molecule has 0 bridgehead atoms. The fourth-order valence-corrected chi connectivity index (χ4v) is 1.85. The Morgan fingerprint density at radius 2 is 1.72 bits per heavy atom. The van der Waals surface area contributed by atoms with E-state index in [1.165, 1.54) is 0 Å². The predicted molar refractivity (Wildman–Crippen MR) is 73.2 cm³/mol. The minimum atomic E-state index is -0.904. The molecule has 2 aromatic rings. The van der Waals surface area contributed by atoms with Crippen LogP contribution in [0.2, 0.25) is 0 Å². The molecule has 0 spiro atoms. The molecule has 0 saturated carbocycles. The first-order chi connectivity index (χ1) is 8.59. The van der Waals surface area contributed by atoms with Crippen LogP contribution in [0.3, 0.4) is 0 Å². The number of hydrogen-bond acceptors (Lipinski definition) is 2. The van der Waals surface area contributed by atoms with Crippen molar-refractivity contribution in [3.05, 3.63) is 54.1 Å². The highest BCUT2D eigenvalue weighted by Crippen LogP contribution is 2.28.